The summed E-state index contributed by atoms with van der Waals surface area (Å²) < 4.78 is 5.14. The number of rotatable bonds is 5. The quantitative estimate of drug-likeness (QED) is 0.682. The van der Waals surface area contributed by atoms with Gasteiger partial charge in [-0.05, 0) is 6.92 Å². The lowest BCUT2D eigenvalue weighted by molar-refractivity contribution is -0.119. The minimum Gasteiger partial charge on any atom is -0.464 e. The summed E-state index contributed by atoms with van der Waals surface area (Å²) in [5.41, 5.74) is 5.52. The molecule has 1 aromatic rings. The van der Waals surface area contributed by atoms with E-state index in [2.05, 4.69) is 20.3 Å². The van der Waals surface area contributed by atoms with Crippen molar-refractivity contribution in [1.82, 2.24) is 20.3 Å². The van der Waals surface area contributed by atoms with Gasteiger partial charge in [0.15, 0.2) is 0 Å². The number of nitrogens with two attached hydrogens (primary N) is 1. The van der Waals surface area contributed by atoms with Crippen LogP contribution < -0.4 is 20.7 Å². The molecule has 0 aliphatic carbocycles. The normalized spacial score (nSPS) is 9.82. The van der Waals surface area contributed by atoms with Crippen LogP contribution in [0.25, 0.3) is 0 Å². The fourth-order valence-corrected chi connectivity index (χ4v) is 1.09. The molecule has 0 aliphatic rings. The van der Waals surface area contributed by atoms with E-state index in [-0.39, 0.29) is 24.4 Å². The van der Waals surface area contributed by atoms with Crippen molar-refractivity contribution < 1.29 is 9.53 Å². The van der Waals surface area contributed by atoms with E-state index in [4.69, 9.17) is 10.5 Å². The molecule has 3 N–H and O–H groups in total. The van der Waals surface area contributed by atoms with E-state index >= 15 is 0 Å². The number of likely N-dealkylation sites (N-methyl/N-ethyl adjacent to an activating group) is 2. The third kappa shape index (κ3) is 3.74. The number of hydrogen-bond donors (Lipinski definition) is 2. The van der Waals surface area contributed by atoms with Gasteiger partial charge in [0.25, 0.3) is 0 Å². The topological polar surface area (TPSA) is 106 Å². The number of nitrogen functional groups attached to an aromatic ring is 1. The van der Waals surface area contributed by atoms with Gasteiger partial charge in [-0.3, -0.25) is 4.79 Å². The number of anilines is 2. The largest absolute Gasteiger partial charge is 0.464 e. The summed E-state index contributed by atoms with van der Waals surface area (Å²) >= 11 is 0. The highest BCUT2D eigenvalue weighted by molar-refractivity contribution is 5.80. The molecule has 0 spiro atoms. The summed E-state index contributed by atoms with van der Waals surface area (Å²) in [6.07, 6.45) is 0. The van der Waals surface area contributed by atoms with Crippen LogP contribution in [-0.4, -0.2) is 48.1 Å². The Morgan fingerprint density at radius 1 is 1.47 bits per heavy atom. The zero-order valence-electron chi connectivity index (χ0n) is 10.1. The van der Waals surface area contributed by atoms with E-state index in [1.165, 1.54) is 0 Å². The molecule has 0 saturated carbocycles. The Morgan fingerprint density at radius 2 is 2.18 bits per heavy atom. The summed E-state index contributed by atoms with van der Waals surface area (Å²) in [5.74, 6) is 0.205. The van der Waals surface area contributed by atoms with Crippen LogP contribution in [0.2, 0.25) is 0 Å². The van der Waals surface area contributed by atoms with E-state index in [9.17, 15) is 4.79 Å². The van der Waals surface area contributed by atoms with Gasteiger partial charge in [0.1, 0.15) is 0 Å². The van der Waals surface area contributed by atoms with Crippen molar-refractivity contribution in [3.63, 3.8) is 0 Å². The monoisotopic (exact) mass is 240 g/mol. The Labute approximate surface area is 99.2 Å². The molecular weight excluding hydrogens is 224 g/mol. The van der Waals surface area contributed by atoms with Crippen LogP contribution in [0.4, 0.5) is 11.9 Å². The standard InChI is InChI=1S/C9H16N6O2/c1-4-17-9-13-7(10)12-8(14-9)15(3)5-6(16)11-2/h4-5H2,1-3H3,(H,11,16)(H2,10,12,13,14). The molecule has 17 heavy (non-hydrogen) atoms. The van der Waals surface area contributed by atoms with E-state index in [1.54, 1.807) is 19.0 Å². The molecule has 94 valence electrons. The maximum absolute atomic E-state index is 11.2. The second kappa shape index (κ2) is 5.83. The van der Waals surface area contributed by atoms with Crippen LogP contribution >= 0.6 is 0 Å². The van der Waals surface area contributed by atoms with Crippen molar-refractivity contribution in [3.05, 3.63) is 0 Å². The highest BCUT2D eigenvalue weighted by Gasteiger charge is 2.12. The van der Waals surface area contributed by atoms with Crippen LogP contribution in [-0.2, 0) is 4.79 Å². The van der Waals surface area contributed by atoms with E-state index in [1.807, 2.05) is 6.92 Å². The lowest BCUT2D eigenvalue weighted by atomic mass is 10.5. The first-order chi connectivity index (χ1) is 8.06. The lowest BCUT2D eigenvalue weighted by Crippen LogP contribution is -2.34. The lowest BCUT2D eigenvalue weighted by Gasteiger charge is -2.16. The van der Waals surface area contributed by atoms with Crippen LogP contribution in [0.15, 0.2) is 0 Å². The smallest absolute Gasteiger partial charge is 0.323 e. The van der Waals surface area contributed by atoms with Gasteiger partial charge in [-0.15, -0.1) is 0 Å². The fourth-order valence-electron chi connectivity index (χ4n) is 1.09. The average molecular weight is 240 g/mol. The second-order valence-electron chi connectivity index (χ2n) is 3.24. The molecule has 0 fully saturated rings. The van der Waals surface area contributed by atoms with Crippen molar-refractivity contribution in [1.29, 1.82) is 0 Å². The van der Waals surface area contributed by atoms with E-state index in [0.29, 0.717) is 12.6 Å². The van der Waals surface area contributed by atoms with Gasteiger partial charge in [-0.25, -0.2) is 0 Å². The van der Waals surface area contributed by atoms with Crippen LogP contribution in [0.1, 0.15) is 6.92 Å². The molecule has 8 heteroatoms. The van der Waals surface area contributed by atoms with Crippen molar-refractivity contribution in [3.8, 4) is 6.01 Å². The van der Waals surface area contributed by atoms with Gasteiger partial charge < -0.3 is 20.7 Å². The van der Waals surface area contributed by atoms with Crippen molar-refractivity contribution in [2.24, 2.45) is 0 Å². The number of aromatic nitrogens is 3. The van der Waals surface area contributed by atoms with Gasteiger partial charge in [0, 0.05) is 14.1 Å². The minimum atomic E-state index is -0.149. The van der Waals surface area contributed by atoms with E-state index in [0.717, 1.165) is 0 Å². The van der Waals surface area contributed by atoms with Gasteiger partial charge in [-0.2, -0.15) is 15.0 Å². The number of carbonyl (C=O) groups is 1. The van der Waals surface area contributed by atoms with Crippen LogP contribution in [0, 0.1) is 0 Å². The van der Waals surface area contributed by atoms with Crippen LogP contribution in [0.3, 0.4) is 0 Å². The third-order valence-electron chi connectivity index (χ3n) is 1.89. The molecule has 8 nitrogen and oxygen atoms in total. The molecule has 0 aliphatic heterocycles. The number of carbonyl (C=O) groups excluding carboxylic acids is 1. The fraction of sp³-hybridized carbons (Fsp3) is 0.556. The van der Waals surface area contributed by atoms with Crippen molar-refractivity contribution in [2.75, 3.05) is 37.9 Å². The number of nitrogens with one attached hydrogen (secondary N) is 1. The Morgan fingerprint density at radius 3 is 2.76 bits per heavy atom. The van der Waals surface area contributed by atoms with Gasteiger partial charge in [0.05, 0.1) is 13.2 Å². The van der Waals surface area contributed by atoms with Crippen molar-refractivity contribution in [2.45, 2.75) is 6.92 Å². The molecule has 0 unspecified atom stereocenters. The molecule has 0 radical (unpaired) electrons. The number of ether oxygens (including phenoxy) is 1. The number of amides is 1. The Balaban J connectivity index is 2.85. The zero-order chi connectivity index (χ0) is 12.8. The first kappa shape index (κ1) is 12.9. The molecule has 1 amide bonds. The summed E-state index contributed by atoms with van der Waals surface area (Å²) in [7, 11) is 3.24. The average Bonchev–Trinajstić information content (AvgIpc) is 2.28. The Hall–Kier alpha value is -2.12. The predicted molar refractivity (Wildman–Crippen MR) is 62.7 cm³/mol. The zero-order valence-corrected chi connectivity index (χ0v) is 10.1. The second-order valence-corrected chi connectivity index (χ2v) is 3.24. The Bertz CT molecular complexity index is 397. The summed E-state index contributed by atoms with van der Waals surface area (Å²) in [6, 6.07) is 0.152. The summed E-state index contributed by atoms with van der Waals surface area (Å²) in [4.78, 5) is 24.5. The summed E-state index contributed by atoms with van der Waals surface area (Å²) in [5, 5.41) is 2.51. The third-order valence-corrected chi connectivity index (χ3v) is 1.89. The highest BCUT2D eigenvalue weighted by Crippen LogP contribution is 2.11. The molecule has 0 aromatic carbocycles. The first-order valence-corrected chi connectivity index (χ1v) is 5.12. The number of nitrogens with zero attached hydrogens (tertiary/aromatic N) is 4. The molecular formula is C9H16N6O2. The molecule has 1 rings (SSSR count). The van der Waals surface area contributed by atoms with Gasteiger partial charge in [-0.1, -0.05) is 0 Å². The molecule has 0 saturated heterocycles. The van der Waals surface area contributed by atoms with Crippen LogP contribution in [0.5, 0.6) is 6.01 Å². The summed E-state index contributed by atoms with van der Waals surface area (Å²) in [6.45, 7) is 2.38. The first-order valence-electron chi connectivity index (χ1n) is 5.12. The maximum atomic E-state index is 11.2. The van der Waals surface area contributed by atoms with Gasteiger partial charge in [0.2, 0.25) is 17.8 Å². The molecule has 0 atom stereocenters. The number of hydrogen-bond acceptors (Lipinski definition) is 7. The van der Waals surface area contributed by atoms with Gasteiger partial charge >= 0.3 is 6.01 Å². The molecule has 1 aromatic heterocycles. The maximum Gasteiger partial charge on any atom is 0.323 e. The SMILES string of the molecule is CCOc1nc(N)nc(N(C)CC(=O)NC)n1. The minimum absolute atomic E-state index is 0.0576. The predicted octanol–water partition coefficient (Wildman–Crippen LogP) is -0.965. The van der Waals surface area contributed by atoms with Crippen molar-refractivity contribution >= 4 is 17.8 Å². The Kier molecular flexibility index (Phi) is 4.44. The molecule has 0 bridgehead atoms. The molecule has 1 heterocycles. The van der Waals surface area contributed by atoms with E-state index < -0.39 is 0 Å². The highest BCUT2D eigenvalue weighted by atomic mass is 16.5.